The number of carbonyl (C=O) groups is 3. The maximum atomic E-state index is 13.3. The molecule has 1 amide bonds. The van der Waals surface area contributed by atoms with Crippen molar-refractivity contribution < 1.29 is 29.3 Å². The minimum Gasteiger partial charge on any atom is -0.481 e. The number of carboxylic acids is 2. The van der Waals surface area contributed by atoms with Crippen LogP contribution in [0, 0.1) is 5.92 Å². The number of carbonyl (C=O) groups excluding carboxylic acids is 1. The number of anilines is 3. The number of nitrogen functional groups attached to an aromatic ring is 1. The summed E-state index contributed by atoms with van der Waals surface area (Å²) in [6.07, 6.45) is 3.94. The molecular weight excluding hydrogens is 442 g/mol. The first-order valence-electron chi connectivity index (χ1n) is 11.2. The summed E-state index contributed by atoms with van der Waals surface area (Å²) in [6.45, 7) is 0.0704. The maximum absolute atomic E-state index is 13.3. The number of aromatic nitrogens is 2. The lowest BCUT2D eigenvalue weighted by Gasteiger charge is -2.28. The van der Waals surface area contributed by atoms with Crippen LogP contribution < -0.4 is 20.7 Å². The summed E-state index contributed by atoms with van der Waals surface area (Å²) in [5.41, 5.74) is 7.92. The summed E-state index contributed by atoms with van der Waals surface area (Å²) in [4.78, 5) is 44.7. The molecule has 180 valence electrons. The fraction of sp³-hybridized carbons (Fsp3) is 0.435. The highest BCUT2D eigenvalue weighted by Crippen LogP contribution is 2.38. The standard InChI is InChI=1S/C23H27N5O6/c24-20-19-21(27-23(26-20)25-12-18(31)32)34-10-9-28(22(19)33)16-7-5-15(6-8-16)14-3-1-13(2-4-14)11-17(29)30/h5-8,13-14H,1-4,9-12H2,(H,29,30)(H,31,32)(H3,24,25,26,27)/t13-,14-. The smallest absolute Gasteiger partial charge is 0.322 e. The van der Waals surface area contributed by atoms with Gasteiger partial charge in [-0.2, -0.15) is 9.97 Å². The lowest BCUT2D eigenvalue weighted by Crippen LogP contribution is -2.32. The van der Waals surface area contributed by atoms with Gasteiger partial charge in [0.05, 0.1) is 6.54 Å². The first kappa shape index (κ1) is 23.3. The van der Waals surface area contributed by atoms with E-state index in [1.807, 2.05) is 24.3 Å². The van der Waals surface area contributed by atoms with Crippen molar-refractivity contribution in [2.75, 3.05) is 35.6 Å². The van der Waals surface area contributed by atoms with E-state index in [4.69, 9.17) is 20.7 Å². The average molecular weight is 469 g/mol. The van der Waals surface area contributed by atoms with Gasteiger partial charge in [0.15, 0.2) is 0 Å². The van der Waals surface area contributed by atoms with Crippen LogP contribution in [-0.4, -0.2) is 57.7 Å². The second-order valence-electron chi connectivity index (χ2n) is 8.57. The zero-order valence-electron chi connectivity index (χ0n) is 18.6. The monoisotopic (exact) mass is 469 g/mol. The van der Waals surface area contributed by atoms with Crippen molar-refractivity contribution >= 4 is 35.3 Å². The van der Waals surface area contributed by atoms with Gasteiger partial charge in [0, 0.05) is 12.1 Å². The second kappa shape index (κ2) is 9.94. The number of aliphatic carboxylic acids is 2. The van der Waals surface area contributed by atoms with E-state index in [1.165, 1.54) is 5.56 Å². The number of nitrogens with zero attached hydrogens (tertiary/aromatic N) is 3. The van der Waals surface area contributed by atoms with Gasteiger partial charge < -0.3 is 30.9 Å². The lowest BCUT2D eigenvalue weighted by atomic mass is 9.77. The van der Waals surface area contributed by atoms with Crippen LogP contribution in [0.2, 0.25) is 0 Å². The van der Waals surface area contributed by atoms with Crippen molar-refractivity contribution in [1.82, 2.24) is 9.97 Å². The number of ether oxygens (including phenoxy) is 1. The highest BCUT2D eigenvalue weighted by molar-refractivity contribution is 6.10. The second-order valence-corrected chi connectivity index (χ2v) is 8.57. The first-order chi connectivity index (χ1) is 16.3. The Bertz CT molecular complexity index is 1080. The van der Waals surface area contributed by atoms with Crippen molar-refractivity contribution in [2.45, 2.75) is 38.0 Å². The Balaban J connectivity index is 1.47. The average Bonchev–Trinajstić information content (AvgIpc) is 2.97. The van der Waals surface area contributed by atoms with E-state index in [9.17, 15) is 14.4 Å². The molecule has 5 N–H and O–H groups in total. The summed E-state index contributed by atoms with van der Waals surface area (Å²) < 4.78 is 5.63. The van der Waals surface area contributed by atoms with Gasteiger partial charge in [-0.15, -0.1) is 0 Å². The predicted molar refractivity (Wildman–Crippen MR) is 123 cm³/mol. The normalized spacial score (nSPS) is 20.1. The molecule has 0 spiro atoms. The van der Waals surface area contributed by atoms with E-state index in [1.54, 1.807) is 4.90 Å². The molecule has 0 unspecified atom stereocenters. The van der Waals surface area contributed by atoms with Crippen molar-refractivity contribution in [1.29, 1.82) is 0 Å². The Morgan fingerprint density at radius 3 is 2.44 bits per heavy atom. The van der Waals surface area contributed by atoms with E-state index in [0.29, 0.717) is 11.6 Å². The maximum Gasteiger partial charge on any atom is 0.322 e. The van der Waals surface area contributed by atoms with Crippen LogP contribution in [0.15, 0.2) is 24.3 Å². The van der Waals surface area contributed by atoms with Crippen LogP contribution >= 0.6 is 0 Å². The third-order valence-electron chi connectivity index (χ3n) is 6.30. The number of amides is 1. The van der Waals surface area contributed by atoms with Gasteiger partial charge in [0.2, 0.25) is 11.8 Å². The highest BCUT2D eigenvalue weighted by atomic mass is 16.5. The third-order valence-corrected chi connectivity index (χ3v) is 6.30. The van der Waals surface area contributed by atoms with E-state index >= 15 is 0 Å². The molecule has 2 aromatic rings. The number of fused-ring (bicyclic) bond motifs is 1. The quantitative estimate of drug-likeness (QED) is 0.472. The van der Waals surface area contributed by atoms with E-state index in [-0.39, 0.29) is 48.7 Å². The Kier molecular flexibility index (Phi) is 6.80. The number of rotatable bonds is 7. The van der Waals surface area contributed by atoms with E-state index < -0.39 is 24.4 Å². The number of hydrogen-bond donors (Lipinski definition) is 4. The molecule has 1 fully saturated rings. The Labute approximate surface area is 195 Å². The molecule has 11 heteroatoms. The summed E-state index contributed by atoms with van der Waals surface area (Å²) in [6, 6.07) is 7.80. The number of nitrogens with one attached hydrogen (secondary N) is 1. The van der Waals surface area contributed by atoms with Crippen molar-refractivity contribution in [3.8, 4) is 5.88 Å². The fourth-order valence-corrected chi connectivity index (χ4v) is 4.59. The summed E-state index contributed by atoms with van der Waals surface area (Å²) in [7, 11) is 0. The predicted octanol–water partition coefficient (Wildman–Crippen LogP) is 2.34. The summed E-state index contributed by atoms with van der Waals surface area (Å²) in [5, 5.41) is 20.3. The van der Waals surface area contributed by atoms with E-state index in [2.05, 4.69) is 15.3 Å². The van der Waals surface area contributed by atoms with Crippen molar-refractivity contribution in [3.05, 3.63) is 35.4 Å². The van der Waals surface area contributed by atoms with Crippen LogP contribution in [-0.2, 0) is 9.59 Å². The van der Waals surface area contributed by atoms with Gasteiger partial charge in [-0.25, -0.2) is 0 Å². The summed E-state index contributed by atoms with van der Waals surface area (Å²) >= 11 is 0. The number of nitrogens with two attached hydrogens (primary N) is 1. The van der Waals surface area contributed by atoms with E-state index in [0.717, 1.165) is 25.7 Å². The zero-order valence-corrected chi connectivity index (χ0v) is 18.6. The van der Waals surface area contributed by atoms with Gasteiger partial charge in [-0.1, -0.05) is 12.1 Å². The minimum absolute atomic E-state index is 0.0163. The SMILES string of the molecule is Nc1nc(NCC(=O)O)nc2c1C(=O)N(c1ccc([C@H]3CC[C@H](CC(=O)O)CC3)cc1)CCO2. The van der Waals surface area contributed by atoms with Gasteiger partial charge in [-0.3, -0.25) is 14.4 Å². The molecule has 0 radical (unpaired) electrons. The molecule has 2 aliphatic rings. The lowest BCUT2D eigenvalue weighted by molar-refractivity contribution is -0.138. The van der Waals surface area contributed by atoms with Crippen LogP contribution in [0.3, 0.4) is 0 Å². The Morgan fingerprint density at radius 2 is 1.79 bits per heavy atom. The fourth-order valence-electron chi connectivity index (χ4n) is 4.59. The molecular formula is C23H27N5O6. The minimum atomic E-state index is -1.09. The molecule has 1 aliphatic carbocycles. The summed E-state index contributed by atoms with van der Waals surface area (Å²) in [5.74, 6) is -1.69. The van der Waals surface area contributed by atoms with Gasteiger partial charge in [0.25, 0.3) is 5.91 Å². The number of benzene rings is 1. The molecule has 34 heavy (non-hydrogen) atoms. The van der Waals surface area contributed by atoms with Crippen LogP contribution in [0.1, 0.15) is 53.9 Å². The Hall–Kier alpha value is -3.89. The van der Waals surface area contributed by atoms with Crippen molar-refractivity contribution in [3.63, 3.8) is 0 Å². The van der Waals surface area contributed by atoms with Crippen molar-refractivity contribution in [2.24, 2.45) is 5.92 Å². The zero-order chi connectivity index (χ0) is 24.2. The third kappa shape index (κ3) is 5.19. The largest absolute Gasteiger partial charge is 0.481 e. The molecule has 11 nitrogen and oxygen atoms in total. The molecule has 0 bridgehead atoms. The molecule has 4 rings (SSSR count). The van der Waals surface area contributed by atoms with Gasteiger partial charge in [0.1, 0.15) is 24.5 Å². The molecule has 1 saturated carbocycles. The molecule has 1 aromatic heterocycles. The molecule has 0 saturated heterocycles. The van der Waals surface area contributed by atoms with Crippen LogP contribution in [0.4, 0.5) is 17.5 Å². The number of carboxylic acid groups (broad SMARTS) is 2. The molecule has 2 heterocycles. The van der Waals surface area contributed by atoms with Crippen LogP contribution in [0.25, 0.3) is 0 Å². The topological polar surface area (TPSA) is 168 Å². The number of hydrogen-bond acceptors (Lipinski definition) is 8. The highest BCUT2D eigenvalue weighted by Gasteiger charge is 2.30. The molecule has 0 atom stereocenters. The molecule has 1 aliphatic heterocycles. The van der Waals surface area contributed by atoms with Crippen LogP contribution in [0.5, 0.6) is 5.88 Å². The molecule has 1 aromatic carbocycles. The van der Waals surface area contributed by atoms with Gasteiger partial charge in [-0.05, 0) is 55.2 Å². The Morgan fingerprint density at radius 1 is 1.09 bits per heavy atom. The first-order valence-corrected chi connectivity index (χ1v) is 11.2. The van der Waals surface area contributed by atoms with Gasteiger partial charge >= 0.3 is 11.9 Å².